The van der Waals surface area contributed by atoms with Crippen molar-refractivity contribution in [1.29, 1.82) is 0 Å². The molecule has 3 aromatic rings. The number of para-hydroxylation sites is 1. The molecule has 0 saturated carbocycles. The Hall–Kier alpha value is -3.40. The topological polar surface area (TPSA) is 49.4 Å². The SMILES string of the molecule is Cc1cccc(C)c1NC(=O)C1c2ccccc2C(=O)N1C1CCc2ccccc21. The predicted molar refractivity (Wildman–Crippen MR) is 117 cm³/mol. The van der Waals surface area contributed by atoms with Gasteiger partial charge in [-0.05, 0) is 60.6 Å². The summed E-state index contributed by atoms with van der Waals surface area (Å²) in [5.41, 5.74) is 6.69. The summed E-state index contributed by atoms with van der Waals surface area (Å²) in [7, 11) is 0. The molecule has 1 heterocycles. The second-order valence-corrected chi connectivity index (χ2v) is 8.21. The van der Waals surface area contributed by atoms with Crippen LogP contribution in [0.4, 0.5) is 5.69 Å². The molecule has 150 valence electrons. The molecule has 2 atom stereocenters. The smallest absolute Gasteiger partial charge is 0.255 e. The first-order chi connectivity index (χ1) is 14.6. The summed E-state index contributed by atoms with van der Waals surface area (Å²) in [4.78, 5) is 28.8. The van der Waals surface area contributed by atoms with Gasteiger partial charge in [-0.15, -0.1) is 0 Å². The van der Waals surface area contributed by atoms with Crippen LogP contribution in [0.2, 0.25) is 0 Å². The summed E-state index contributed by atoms with van der Waals surface area (Å²) in [5.74, 6) is -0.218. The van der Waals surface area contributed by atoms with Crippen molar-refractivity contribution in [2.45, 2.75) is 38.8 Å². The zero-order valence-corrected chi connectivity index (χ0v) is 17.2. The number of aryl methyl sites for hydroxylation is 3. The summed E-state index contributed by atoms with van der Waals surface area (Å²) in [5, 5.41) is 3.13. The summed E-state index contributed by atoms with van der Waals surface area (Å²) >= 11 is 0. The number of hydrogen-bond donors (Lipinski definition) is 1. The predicted octanol–water partition coefficient (Wildman–Crippen LogP) is 5.13. The Labute approximate surface area is 176 Å². The molecule has 1 N–H and O–H groups in total. The van der Waals surface area contributed by atoms with Crippen molar-refractivity contribution in [3.8, 4) is 0 Å². The first-order valence-corrected chi connectivity index (χ1v) is 10.4. The van der Waals surface area contributed by atoms with E-state index in [0.29, 0.717) is 5.56 Å². The number of fused-ring (bicyclic) bond motifs is 2. The van der Waals surface area contributed by atoms with E-state index in [0.717, 1.165) is 40.8 Å². The van der Waals surface area contributed by atoms with E-state index in [4.69, 9.17) is 0 Å². The minimum Gasteiger partial charge on any atom is -0.323 e. The number of benzene rings is 3. The summed E-state index contributed by atoms with van der Waals surface area (Å²) in [6, 6.07) is 21.0. The Balaban J connectivity index is 1.57. The third-order valence-electron chi connectivity index (χ3n) is 6.41. The first kappa shape index (κ1) is 18.6. The van der Waals surface area contributed by atoms with Crippen LogP contribution in [0.15, 0.2) is 66.7 Å². The Morgan fingerprint density at radius 3 is 2.33 bits per heavy atom. The Morgan fingerprint density at radius 1 is 0.900 bits per heavy atom. The van der Waals surface area contributed by atoms with Crippen LogP contribution in [0.1, 0.15) is 56.7 Å². The second kappa shape index (κ2) is 7.13. The van der Waals surface area contributed by atoms with Gasteiger partial charge in [0, 0.05) is 11.3 Å². The van der Waals surface area contributed by atoms with Gasteiger partial charge in [0.1, 0.15) is 6.04 Å². The molecule has 0 saturated heterocycles. The highest BCUT2D eigenvalue weighted by Crippen LogP contribution is 2.45. The zero-order valence-electron chi connectivity index (χ0n) is 17.2. The Kier molecular flexibility index (Phi) is 4.43. The molecule has 5 rings (SSSR count). The minimum atomic E-state index is -0.635. The third-order valence-corrected chi connectivity index (χ3v) is 6.41. The van der Waals surface area contributed by atoms with E-state index in [1.165, 1.54) is 5.56 Å². The molecule has 0 spiro atoms. The van der Waals surface area contributed by atoms with Gasteiger partial charge < -0.3 is 10.2 Å². The Morgan fingerprint density at radius 2 is 1.57 bits per heavy atom. The van der Waals surface area contributed by atoms with Gasteiger partial charge in [-0.1, -0.05) is 60.7 Å². The van der Waals surface area contributed by atoms with Crippen LogP contribution >= 0.6 is 0 Å². The number of carbonyl (C=O) groups is 2. The number of nitrogens with one attached hydrogen (secondary N) is 1. The highest BCUT2D eigenvalue weighted by molar-refractivity contribution is 6.08. The molecule has 0 fully saturated rings. The Bertz CT molecular complexity index is 1150. The first-order valence-electron chi connectivity index (χ1n) is 10.4. The number of amides is 2. The van der Waals surface area contributed by atoms with E-state index in [1.807, 2.05) is 68.4 Å². The molecule has 4 nitrogen and oxygen atoms in total. The highest BCUT2D eigenvalue weighted by Gasteiger charge is 2.46. The average molecular weight is 396 g/mol. The molecule has 1 aliphatic carbocycles. The largest absolute Gasteiger partial charge is 0.323 e. The van der Waals surface area contributed by atoms with Gasteiger partial charge in [0.2, 0.25) is 0 Å². The molecule has 1 aliphatic heterocycles. The van der Waals surface area contributed by atoms with Crippen LogP contribution in [-0.4, -0.2) is 16.7 Å². The number of anilines is 1. The van der Waals surface area contributed by atoms with Gasteiger partial charge in [-0.3, -0.25) is 9.59 Å². The summed E-state index contributed by atoms with van der Waals surface area (Å²) in [6.07, 6.45) is 1.76. The molecule has 0 bridgehead atoms. The van der Waals surface area contributed by atoms with Crippen molar-refractivity contribution in [1.82, 2.24) is 4.90 Å². The van der Waals surface area contributed by atoms with Crippen molar-refractivity contribution in [2.24, 2.45) is 0 Å². The number of nitrogens with zero attached hydrogens (tertiary/aromatic N) is 1. The highest BCUT2D eigenvalue weighted by atomic mass is 16.2. The maximum absolute atomic E-state index is 13.6. The normalized spacial score (nSPS) is 19.5. The maximum atomic E-state index is 13.6. The van der Waals surface area contributed by atoms with Crippen molar-refractivity contribution in [2.75, 3.05) is 5.32 Å². The molecule has 3 aromatic carbocycles. The molecule has 4 heteroatoms. The van der Waals surface area contributed by atoms with Crippen LogP contribution in [0, 0.1) is 13.8 Å². The van der Waals surface area contributed by atoms with Crippen molar-refractivity contribution in [3.63, 3.8) is 0 Å². The van der Waals surface area contributed by atoms with Crippen molar-refractivity contribution in [3.05, 3.63) is 100 Å². The van der Waals surface area contributed by atoms with Crippen LogP contribution < -0.4 is 5.32 Å². The van der Waals surface area contributed by atoms with Crippen LogP contribution in [0.25, 0.3) is 0 Å². The second-order valence-electron chi connectivity index (χ2n) is 8.21. The number of rotatable bonds is 3. The van der Waals surface area contributed by atoms with E-state index < -0.39 is 6.04 Å². The molecule has 30 heavy (non-hydrogen) atoms. The van der Waals surface area contributed by atoms with Crippen LogP contribution in [0.3, 0.4) is 0 Å². The lowest BCUT2D eigenvalue weighted by atomic mass is 10.0. The van der Waals surface area contributed by atoms with Crippen LogP contribution in [-0.2, 0) is 11.2 Å². The lowest BCUT2D eigenvalue weighted by Crippen LogP contribution is -2.38. The molecular formula is C26H24N2O2. The van der Waals surface area contributed by atoms with Gasteiger partial charge in [-0.2, -0.15) is 0 Å². The fraction of sp³-hybridized carbons (Fsp3) is 0.231. The van der Waals surface area contributed by atoms with Gasteiger partial charge >= 0.3 is 0 Å². The fourth-order valence-electron chi connectivity index (χ4n) is 4.95. The van der Waals surface area contributed by atoms with Gasteiger partial charge in [0.25, 0.3) is 11.8 Å². The van der Waals surface area contributed by atoms with Crippen molar-refractivity contribution >= 4 is 17.5 Å². The molecule has 0 radical (unpaired) electrons. The van der Waals surface area contributed by atoms with E-state index in [1.54, 1.807) is 4.90 Å². The van der Waals surface area contributed by atoms with E-state index in [9.17, 15) is 9.59 Å². The van der Waals surface area contributed by atoms with Crippen LogP contribution in [0.5, 0.6) is 0 Å². The average Bonchev–Trinajstić information content (AvgIpc) is 3.30. The molecule has 2 unspecified atom stereocenters. The van der Waals surface area contributed by atoms with Gasteiger partial charge in [0.05, 0.1) is 6.04 Å². The lowest BCUT2D eigenvalue weighted by Gasteiger charge is -2.31. The maximum Gasteiger partial charge on any atom is 0.255 e. The van der Waals surface area contributed by atoms with Gasteiger partial charge in [0.15, 0.2) is 0 Å². The fourth-order valence-corrected chi connectivity index (χ4v) is 4.95. The number of hydrogen-bond acceptors (Lipinski definition) is 2. The van der Waals surface area contributed by atoms with E-state index in [-0.39, 0.29) is 17.9 Å². The molecule has 2 aliphatic rings. The lowest BCUT2D eigenvalue weighted by molar-refractivity contribution is -0.121. The minimum absolute atomic E-state index is 0.0611. The quantitative estimate of drug-likeness (QED) is 0.667. The molecular weight excluding hydrogens is 372 g/mol. The number of carbonyl (C=O) groups excluding carboxylic acids is 2. The van der Waals surface area contributed by atoms with Crippen molar-refractivity contribution < 1.29 is 9.59 Å². The summed E-state index contributed by atoms with van der Waals surface area (Å²) < 4.78 is 0. The molecule has 0 aromatic heterocycles. The summed E-state index contributed by atoms with van der Waals surface area (Å²) in [6.45, 7) is 3.97. The third kappa shape index (κ3) is 2.83. The van der Waals surface area contributed by atoms with E-state index >= 15 is 0 Å². The van der Waals surface area contributed by atoms with Gasteiger partial charge in [-0.25, -0.2) is 0 Å². The molecule has 2 amide bonds. The van der Waals surface area contributed by atoms with E-state index in [2.05, 4.69) is 17.4 Å². The standard InChI is InChI=1S/C26H24N2O2/c1-16-8-7-9-17(2)23(16)27-25(29)24-20-12-5-6-13-21(20)26(30)28(24)22-15-14-18-10-3-4-11-19(18)22/h3-13,22,24H,14-15H2,1-2H3,(H,27,29). The monoisotopic (exact) mass is 396 g/mol. The zero-order chi connectivity index (χ0) is 20.8.